The second-order valence-electron chi connectivity index (χ2n) is 14.4. The highest BCUT2D eigenvalue weighted by Crippen LogP contribution is 2.43. The molecule has 10 heteroatoms. The topological polar surface area (TPSA) is 151 Å². The van der Waals surface area contributed by atoms with Gasteiger partial charge in [0.25, 0.3) is 0 Å². The lowest BCUT2D eigenvalue weighted by atomic mass is 10.0. The molecule has 0 aliphatic carbocycles. The zero-order valence-electron chi connectivity index (χ0n) is 33.0. The highest BCUT2D eigenvalue weighted by atomic mass is 31.2. The molecule has 1 amide bonds. The summed E-state index contributed by atoms with van der Waals surface area (Å²) < 4.78 is 22.0. The molecule has 0 heterocycles. The van der Waals surface area contributed by atoms with E-state index in [0.29, 0.717) is 12.8 Å². The molecule has 0 saturated heterocycles. The minimum atomic E-state index is -4.37. The van der Waals surface area contributed by atoms with Gasteiger partial charge < -0.3 is 26.2 Å². The van der Waals surface area contributed by atoms with Crippen LogP contribution in [0.5, 0.6) is 0 Å². The molecule has 0 aliphatic heterocycles. The average molecular weight is 745 g/mol. The first kappa shape index (κ1) is 49.9. The fourth-order valence-electron chi connectivity index (χ4n) is 6.15. The Morgan fingerprint density at radius 3 is 1.61 bits per heavy atom. The normalized spacial score (nSPS) is 15.0. The minimum Gasteiger partial charge on any atom is -0.393 e. The summed E-state index contributed by atoms with van der Waals surface area (Å²) in [5.41, 5.74) is 5.35. The van der Waals surface area contributed by atoms with Crippen LogP contribution in [0.15, 0.2) is 24.3 Å². The van der Waals surface area contributed by atoms with Crippen LogP contribution in [0.1, 0.15) is 194 Å². The lowest BCUT2D eigenvalue weighted by Gasteiger charge is -2.25. The fraction of sp³-hybridized carbons (Fsp3) is 0.878. The summed E-state index contributed by atoms with van der Waals surface area (Å²) in [5, 5.41) is 24.0. The van der Waals surface area contributed by atoms with E-state index in [1.165, 1.54) is 96.3 Å². The third kappa shape index (κ3) is 35.7. The van der Waals surface area contributed by atoms with Crippen LogP contribution < -0.4 is 11.1 Å². The Bertz CT molecular complexity index is 873. The van der Waals surface area contributed by atoms with Crippen molar-refractivity contribution < 1.29 is 33.5 Å². The molecule has 0 aliphatic rings. The summed E-state index contributed by atoms with van der Waals surface area (Å²) in [6.07, 6.45) is 38.1. The van der Waals surface area contributed by atoms with Crippen molar-refractivity contribution in [3.05, 3.63) is 24.3 Å². The number of hydrogen-bond acceptors (Lipinski definition) is 7. The molecule has 0 aromatic rings. The van der Waals surface area contributed by atoms with Crippen LogP contribution in [0.3, 0.4) is 0 Å². The maximum atomic E-state index is 12.8. The molecule has 0 bridgehead atoms. The highest BCUT2D eigenvalue weighted by Gasteiger charge is 2.28. The van der Waals surface area contributed by atoms with Gasteiger partial charge >= 0.3 is 7.82 Å². The highest BCUT2D eigenvalue weighted by molar-refractivity contribution is 7.47. The van der Waals surface area contributed by atoms with Gasteiger partial charge in [-0.25, -0.2) is 4.57 Å². The van der Waals surface area contributed by atoms with Crippen molar-refractivity contribution in [3.8, 4) is 0 Å². The van der Waals surface area contributed by atoms with Gasteiger partial charge in [0.2, 0.25) is 5.91 Å². The van der Waals surface area contributed by atoms with Gasteiger partial charge in [0.05, 0.1) is 37.9 Å². The SMILES string of the molecule is CCCCCCCCCCC/C=C\C/C=C\CCCCCCCC(O)CC(=O)NC(COP(=O)(O)OCCN)C(O)CCCCCCCCCC. The number of nitrogens with two attached hydrogens (primary N) is 1. The quantitative estimate of drug-likeness (QED) is 0.0237. The van der Waals surface area contributed by atoms with Crippen molar-refractivity contribution in [2.45, 2.75) is 212 Å². The number of rotatable bonds is 39. The summed E-state index contributed by atoms with van der Waals surface area (Å²) in [5.74, 6) is -0.424. The molecule has 4 atom stereocenters. The van der Waals surface area contributed by atoms with E-state index in [9.17, 15) is 24.5 Å². The molecule has 0 radical (unpaired) electrons. The van der Waals surface area contributed by atoms with Crippen LogP contribution in [0.25, 0.3) is 0 Å². The van der Waals surface area contributed by atoms with Crippen molar-refractivity contribution in [3.63, 3.8) is 0 Å². The Balaban J connectivity index is 4.16. The predicted molar refractivity (Wildman–Crippen MR) is 214 cm³/mol. The Hall–Kier alpha value is -1.06. The van der Waals surface area contributed by atoms with Crippen molar-refractivity contribution in [1.82, 2.24) is 5.32 Å². The summed E-state index contributed by atoms with van der Waals surface area (Å²) in [6, 6.07) is -0.897. The van der Waals surface area contributed by atoms with Crippen LogP contribution in [0, 0.1) is 0 Å². The maximum absolute atomic E-state index is 12.8. The summed E-state index contributed by atoms with van der Waals surface area (Å²) in [6.45, 7) is 3.99. The number of amides is 1. The van der Waals surface area contributed by atoms with Crippen molar-refractivity contribution in [1.29, 1.82) is 0 Å². The summed E-state index contributed by atoms with van der Waals surface area (Å²) in [7, 11) is -4.37. The average Bonchev–Trinajstić information content (AvgIpc) is 3.10. The van der Waals surface area contributed by atoms with Crippen molar-refractivity contribution in [2.75, 3.05) is 19.8 Å². The molecule has 0 rings (SSSR count). The van der Waals surface area contributed by atoms with E-state index in [1.807, 2.05) is 0 Å². The van der Waals surface area contributed by atoms with Gasteiger partial charge in [-0.2, -0.15) is 0 Å². The van der Waals surface area contributed by atoms with Gasteiger partial charge in [0.15, 0.2) is 0 Å². The van der Waals surface area contributed by atoms with E-state index < -0.39 is 32.0 Å². The first-order valence-electron chi connectivity index (χ1n) is 21.0. The summed E-state index contributed by atoms with van der Waals surface area (Å²) >= 11 is 0. The molecule has 51 heavy (non-hydrogen) atoms. The molecular weight excluding hydrogens is 663 g/mol. The monoisotopic (exact) mass is 745 g/mol. The number of unbranched alkanes of at least 4 members (excludes halogenated alkanes) is 21. The largest absolute Gasteiger partial charge is 0.472 e. The van der Waals surface area contributed by atoms with Gasteiger partial charge in [-0.3, -0.25) is 13.8 Å². The molecule has 6 N–H and O–H groups in total. The Morgan fingerprint density at radius 2 is 1.12 bits per heavy atom. The van der Waals surface area contributed by atoms with Crippen LogP contribution >= 0.6 is 7.82 Å². The Morgan fingerprint density at radius 1 is 0.667 bits per heavy atom. The van der Waals surface area contributed by atoms with Gasteiger partial charge in [-0.15, -0.1) is 0 Å². The van der Waals surface area contributed by atoms with E-state index >= 15 is 0 Å². The first-order chi connectivity index (χ1) is 24.8. The van der Waals surface area contributed by atoms with E-state index in [1.54, 1.807) is 0 Å². The van der Waals surface area contributed by atoms with Gasteiger partial charge in [0, 0.05) is 6.54 Å². The number of carbonyl (C=O) groups excluding carboxylic acids is 1. The molecule has 0 saturated carbocycles. The second kappa shape index (κ2) is 37.3. The minimum absolute atomic E-state index is 0.0575. The molecule has 0 aromatic heterocycles. The third-order valence-electron chi connectivity index (χ3n) is 9.36. The smallest absolute Gasteiger partial charge is 0.393 e. The predicted octanol–water partition coefficient (Wildman–Crippen LogP) is 10.4. The molecular formula is C41H81N2O7P. The number of nitrogens with one attached hydrogen (secondary N) is 1. The first-order valence-corrected chi connectivity index (χ1v) is 22.5. The molecule has 302 valence electrons. The fourth-order valence-corrected chi connectivity index (χ4v) is 6.91. The number of hydrogen-bond donors (Lipinski definition) is 5. The van der Waals surface area contributed by atoms with E-state index in [2.05, 4.69) is 43.5 Å². The number of allylic oxidation sites excluding steroid dienone is 4. The number of aliphatic hydroxyl groups is 2. The van der Waals surface area contributed by atoms with Gasteiger partial charge in [0.1, 0.15) is 0 Å². The summed E-state index contributed by atoms with van der Waals surface area (Å²) in [4.78, 5) is 22.7. The van der Waals surface area contributed by atoms with E-state index in [4.69, 9.17) is 14.8 Å². The molecule has 0 aromatic carbocycles. The molecule has 4 unspecified atom stereocenters. The lowest BCUT2D eigenvalue weighted by molar-refractivity contribution is -0.125. The molecule has 0 spiro atoms. The Labute approximate surface area is 313 Å². The van der Waals surface area contributed by atoms with E-state index in [0.717, 1.165) is 64.2 Å². The van der Waals surface area contributed by atoms with Gasteiger partial charge in [-0.1, -0.05) is 167 Å². The number of phosphoric ester groups is 1. The van der Waals surface area contributed by atoms with Crippen LogP contribution in [0.4, 0.5) is 0 Å². The van der Waals surface area contributed by atoms with Crippen LogP contribution in [0.2, 0.25) is 0 Å². The zero-order chi connectivity index (χ0) is 37.7. The van der Waals surface area contributed by atoms with E-state index in [-0.39, 0.29) is 26.2 Å². The van der Waals surface area contributed by atoms with Crippen LogP contribution in [-0.2, 0) is 18.4 Å². The maximum Gasteiger partial charge on any atom is 0.472 e. The molecule has 0 fully saturated rings. The second-order valence-corrected chi connectivity index (χ2v) is 15.8. The lowest BCUT2D eigenvalue weighted by Crippen LogP contribution is -2.47. The number of aliphatic hydroxyl groups excluding tert-OH is 2. The van der Waals surface area contributed by atoms with Crippen molar-refractivity contribution in [2.24, 2.45) is 5.73 Å². The standard InChI is InChI=1S/C41H81N2O7P/c1-3-5-7-9-11-13-14-15-16-17-18-19-20-21-22-23-24-25-26-28-30-32-38(44)36-41(46)43-39(37-50-51(47,48)49-35-34-42)40(45)33-31-29-27-12-10-8-6-4-2/h18-19,21-22,38-40,44-45H,3-17,20,23-37,42H2,1-2H3,(H,43,46)(H,47,48)/b19-18-,22-21-. The number of phosphoric acid groups is 1. The zero-order valence-corrected chi connectivity index (χ0v) is 33.9. The van der Waals surface area contributed by atoms with Gasteiger partial charge in [-0.05, 0) is 44.9 Å². The number of carbonyl (C=O) groups is 1. The van der Waals surface area contributed by atoms with Crippen molar-refractivity contribution >= 4 is 13.7 Å². The third-order valence-corrected chi connectivity index (χ3v) is 10.3. The molecule has 9 nitrogen and oxygen atoms in total. The Kier molecular flexibility index (Phi) is 36.5. The van der Waals surface area contributed by atoms with Crippen LogP contribution in [-0.4, -0.2) is 59.0 Å².